The lowest BCUT2D eigenvalue weighted by Crippen LogP contribution is -2.46. The summed E-state index contributed by atoms with van der Waals surface area (Å²) in [4.78, 5) is 7.57. The lowest BCUT2D eigenvalue weighted by atomic mass is 10.2. The highest BCUT2D eigenvalue weighted by atomic mass is 15.3. The molecule has 0 aromatic carbocycles. The third kappa shape index (κ3) is 3.42. The van der Waals surface area contributed by atoms with E-state index in [0.717, 1.165) is 6.04 Å². The van der Waals surface area contributed by atoms with Crippen molar-refractivity contribution in [3.8, 4) is 0 Å². The van der Waals surface area contributed by atoms with Gasteiger partial charge in [-0.15, -0.1) is 0 Å². The molecule has 0 aromatic rings. The van der Waals surface area contributed by atoms with Crippen LogP contribution in [-0.2, 0) is 0 Å². The monoisotopic (exact) mass is 226 g/mol. The topological polar surface area (TPSA) is 21.8 Å². The molecule has 0 aromatic heterocycles. The Morgan fingerprint density at radius 1 is 1.06 bits per heavy atom. The molecule has 2 aliphatic heterocycles. The molecule has 16 heavy (non-hydrogen) atoms. The highest BCUT2D eigenvalue weighted by Crippen LogP contribution is 2.12. The summed E-state index contributed by atoms with van der Waals surface area (Å²) in [6.07, 6.45) is 1.34. The Hall–Kier alpha value is -0.160. The van der Waals surface area contributed by atoms with Gasteiger partial charge in [0.15, 0.2) is 0 Å². The van der Waals surface area contributed by atoms with Gasteiger partial charge in [-0.25, -0.2) is 0 Å². The van der Waals surface area contributed by atoms with Gasteiger partial charge in [-0.1, -0.05) is 0 Å². The summed E-state index contributed by atoms with van der Waals surface area (Å²) >= 11 is 0. The maximum absolute atomic E-state index is 3.40. The van der Waals surface area contributed by atoms with Crippen LogP contribution >= 0.6 is 0 Å². The molecular weight excluding hydrogens is 200 g/mol. The highest BCUT2D eigenvalue weighted by Gasteiger charge is 2.23. The summed E-state index contributed by atoms with van der Waals surface area (Å²) in [5.41, 5.74) is 0. The van der Waals surface area contributed by atoms with E-state index in [9.17, 15) is 0 Å². The highest BCUT2D eigenvalue weighted by molar-refractivity contribution is 4.81. The van der Waals surface area contributed by atoms with E-state index < -0.39 is 0 Å². The first kappa shape index (κ1) is 12.3. The maximum Gasteiger partial charge on any atom is 0.0229 e. The second-order valence-corrected chi connectivity index (χ2v) is 5.30. The van der Waals surface area contributed by atoms with Crippen LogP contribution in [0.4, 0.5) is 0 Å². The van der Waals surface area contributed by atoms with E-state index in [1.807, 2.05) is 0 Å². The van der Waals surface area contributed by atoms with Crippen molar-refractivity contribution in [2.75, 3.05) is 66.5 Å². The zero-order valence-corrected chi connectivity index (χ0v) is 10.8. The molecule has 0 spiro atoms. The molecule has 0 aliphatic carbocycles. The fraction of sp³-hybridized carbons (Fsp3) is 1.00. The fourth-order valence-electron chi connectivity index (χ4n) is 2.65. The molecule has 2 aliphatic rings. The van der Waals surface area contributed by atoms with Gasteiger partial charge < -0.3 is 15.1 Å². The van der Waals surface area contributed by atoms with Crippen LogP contribution in [0.1, 0.15) is 6.42 Å². The molecule has 2 heterocycles. The van der Waals surface area contributed by atoms with Crippen molar-refractivity contribution in [1.29, 1.82) is 0 Å². The predicted octanol–water partition coefficient (Wildman–Crippen LogP) is -0.472. The third-order valence-corrected chi connectivity index (χ3v) is 3.92. The van der Waals surface area contributed by atoms with Gasteiger partial charge in [-0.2, -0.15) is 0 Å². The van der Waals surface area contributed by atoms with E-state index in [0.29, 0.717) is 0 Å². The molecule has 0 amide bonds. The zero-order valence-electron chi connectivity index (χ0n) is 10.8. The predicted molar refractivity (Wildman–Crippen MR) is 67.8 cm³/mol. The lowest BCUT2D eigenvalue weighted by molar-refractivity contribution is 0.197. The number of rotatable bonds is 4. The summed E-state index contributed by atoms with van der Waals surface area (Å²) < 4.78 is 0. The summed E-state index contributed by atoms with van der Waals surface area (Å²) in [6.45, 7) is 9.84. The second kappa shape index (κ2) is 5.96. The van der Waals surface area contributed by atoms with E-state index >= 15 is 0 Å². The molecule has 0 saturated carbocycles. The van der Waals surface area contributed by atoms with Gasteiger partial charge in [-0.05, 0) is 27.1 Å². The molecule has 94 valence electrons. The summed E-state index contributed by atoms with van der Waals surface area (Å²) in [7, 11) is 4.40. The SMILES string of the molecule is CN(C)C1CCN(CCN2CCNCC2)C1. The minimum atomic E-state index is 0.781. The number of likely N-dealkylation sites (tertiary alicyclic amines) is 1. The Labute approximate surface area is 99.6 Å². The van der Waals surface area contributed by atoms with Gasteiger partial charge >= 0.3 is 0 Å². The molecule has 4 nitrogen and oxygen atoms in total. The van der Waals surface area contributed by atoms with Gasteiger partial charge in [0.1, 0.15) is 0 Å². The second-order valence-electron chi connectivity index (χ2n) is 5.30. The maximum atomic E-state index is 3.40. The Balaban J connectivity index is 1.63. The average molecular weight is 226 g/mol. The van der Waals surface area contributed by atoms with Crippen molar-refractivity contribution in [1.82, 2.24) is 20.0 Å². The molecule has 1 unspecified atom stereocenters. The van der Waals surface area contributed by atoms with Crippen molar-refractivity contribution in [2.45, 2.75) is 12.5 Å². The smallest absolute Gasteiger partial charge is 0.0229 e. The van der Waals surface area contributed by atoms with Gasteiger partial charge in [0.2, 0.25) is 0 Å². The van der Waals surface area contributed by atoms with Crippen LogP contribution in [0.2, 0.25) is 0 Å². The molecule has 1 atom stereocenters. The van der Waals surface area contributed by atoms with Crippen molar-refractivity contribution in [3.05, 3.63) is 0 Å². The van der Waals surface area contributed by atoms with E-state index in [1.165, 1.54) is 58.8 Å². The third-order valence-electron chi connectivity index (χ3n) is 3.92. The van der Waals surface area contributed by atoms with E-state index in [-0.39, 0.29) is 0 Å². The first-order valence-electron chi connectivity index (χ1n) is 6.57. The van der Waals surface area contributed by atoms with Crippen LogP contribution in [0, 0.1) is 0 Å². The van der Waals surface area contributed by atoms with Crippen molar-refractivity contribution in [2.24, 2.45) is 0 Å². The van der Waals surface area contributed by atoms with Gasteiger partial charge in [0, 0.05) is 51.9 Å². The van der Waals surface area contributed by atoms with Crippen LogP contribution in [-0.4, -0.2) is 87.2 Å². The number of nitrogens with zero attached hydrogens (tertiary/aromatic N) is 3. The van der Waals surface area contributed by atoms with Crippen molar-refractivity contribution in [3.63, 3.8) is 0 Å². The first-order chi connectivity index (χ1) is 7.75. The molecule has 0 bridgehead atoms. The van der Waals surface area contributed by atoms with Crippen LogP contribution in [0.3, 0.4) is 0 Å². The number of hydrogen-bond acceptors (Lipinski definition) is 4. The summed E-state index contributed by atoms with van der Waals surface area (Å²) in [5.74, 6) is 0. The minimum absolute atomic E-state index is 0.781. The molecule has 2 fully saturated rings. The van der Waals surface area contributed by atoms with Crippen LogP contribution < -0.4 is 5.32 Å². The van der Waals surface area contributed by atoms with Crippen LogP contribution in [0.5, 0.6) is 0 Å². The van der Waals surface area contributed by atoms with Crippen LogP contribution in [0.25, 0.3) is 0 Å². The normalized spacial score (nSPS) is 29.1. The van der Waals surface area contributed by atoms with E-state index in [4.69, 9.17) is 0 Å². The quantitative estimate of drug-likeness (QED) is 0.699. The average Bonchev–Trinajstić information content (AvgIpc) is 2.76. The largest absolute Gasteiger partial charge is 0.314 e. The molecule has 0 radical (unpaired) electrons. The fourth-order valence-corrected chi connectivity index (χ4v) is 2.65. The van der Waals surface area contributed by atoms with Gasteiger partial charge in [0.05, 0.1) is 0 Å². The molecule has 2 saturated heterocycles. The summed E-state index contributed by atoms with van der Waals surface area (Å²) in [6, 6.07) is 0.781. The van der Waals surface area contributed by atoms with E-state index in [2.05, 4.69) is 34.1 Å². The van der Waals surface area contributed by atoms with Gasteiger partial charge in [-0.3, -0.25) is 4.90 Å². The van der Waals surface area contributed by atoms with Crippen molar-refractivity contribution < 1.29 is 0 Å². The standard InChI is InChI=1S/C12H26N4/c1-14(2)12-3-6-16(11-12)10-9-15-7-4-13-5-8-15/h12-13H,3-11H2,1-2H3. The minimum Gasteiger partial charge on any atom is -0.314 e. The summed E-state index contributed by atoms with van der Waals surface area (Å²) in [5, 5.41) is 3.40. The van der Waals surface area contributed by atoms with Crippen molar-refractivity contribution >= 4 is 0 Å². The number of nitrogens with one attached hydrogen (secondary N) is 1. The Morgan fingerprint density at radius 2 is 1.75 bits per heavy atom. The molecule has 1 N–H and O–H groups in total. The number of hydrogen-bond donors (Lipinski definition) is 1. The van der Waals surface area contributed by atoms with E-state index in [1.54, 1.807) is 0 Å². The Bertz CT molecular complexity index is 201. The molecule has 4 heteroatoms. The number of likely N-dealkylation sites (N-methyl/N-ethyl adjacent to an activating group) is 1. The van der Waals surface area contributed by atoms with Gasteiger partial charge in [0.25, 0.3) is 0 Å². The first-order valence-corrected chi connectivity index (χ1v) is 6.57. The molecule has 2 rings (SSSR count). The Kier molecular flexibility index (Phi) is 4.58. The lowest BCUT2D eigenvalue weighted by Gasteiger charge is -2.29. The number of piperazine rings is 1. The Morgan fingerprint density at radius 3 is 2.38 bits per heavy atom. The molecular formula is C12H26N4. The zero-order chi connectivity index (χ0) is 11.4. The van der Waals surface area contributed by atoms with Crippen LogP contribution in [0.15, 0.2) is 0 Å².